The number of pyridine rings is 1. The van der Waals surface area contributed by atoms with Crippen LogP contribution in [0.4, 0.5) is 0 Å². The number of methoxy groups -OCH3 is 2. The topological polar surface area (TPSA) is 43.4 Å². The van der Waals surface area contributed by atoms with Crippen molar-refractivity contribution in [1.82, 2.24) is 10.3 Å². The van der Waals surface area contributed by atoms with Gasteiger partial charge in [0.1, 0.15) is 0 Å². The molecule has 20 heavy (non-hydrogen) atoms. The van der Waals surface area contributed by atoms with E-state index in [1.807, 2.05) is 43.7 Å². The number of hydrogen-bond acceptors (Lipinski definition) is 4. The number of nitrogens with one attached hydrogen (secondary N) is 1. The van der Waals surface area contributed by atoms with E-state index in [1.165, 1.54) is 11.1 Å². The Kier molecular flexibility index (Phi) is 4.96. The van der Waals surface area contributed by atoms with Crippen molar-refractivity contribution in [3.63, 3.8) is 0 Å². The normalized spacial score (nSPS) is 11.9. The highest BCUT2D eigenvalue weighted by molar-refractivity contribution is 5.43. The van der Waals surface area contributed by atoms with Crippen LogP contribution < -0.4 is 14.8 Å². The van der Waals surface area contributed by atoms with Crippen LogP contribution in [0.25, 0.3) is 0 Å². The molecule has 0 aliphatic heterocycles. The van der Waals surface area contributed by atoms with Gasteiger partial charge < -0.3 is 14.8 Å². The maximum Gasteiger partial charge on any atom is 0.160 e. The SMILES string of the molecule is CNC(Cc1ccc(OC)c(OC)c1)c1ccncc1. The molecule has 4 nitrogen and oxygen atoms in total. The smallest absolute Gasteiger partial charge is 0.160 e. The van der Waals surface area contributed by atoms with Crippen molar-refractivity contribution in [2.24, 2.45) is 0 Å². The monoisotopic (exact) mass is 272 g/mol. The van der Waals surface area contributed by atoms with Crippen LogP contribution in [0, 0.1) is 0 Å². The van der Waals surface area contributed by atoms with Gasteiger partial charge in [-0.3, -0.25) is 4.98 Å². The Labute approximate surface area is 119 Å². The van der Waals surface area contributed by atoms with Crippen LogP contribution in [0.1, 0.15) is 17.2 Å². The van der Waals surface area contributed by atoms with Gasteiger partial charge in [-0.05, 0) is 48.9 Å². The molecule has 4 heteroatoms. The van der Waals surface area contributed by atoms with E-state index in [4.69, 9.17) is 9.47 Å². The molecule has 0 bridgehead atoms. The Morgan fingerprint density at radius 3 is 2.35 bits per heavy atom. The largest absolute Gasteiger partial charge is 0.493 e. The molecule has 1 aromatic carbocycles. The summed E-state index contributed by atoms with van der Waals surface area (Å²) in [5, 5.41) is 3.33. The Balaban J connectivity index is 2.20. The van der Waals surface area contributed by atoms with Gasteiger partial charge in [0, 0.05) is 18.4 Å². The molecule has 1 atom stereocenters. The lowest BCUT2D eigenvalue weighted by atomic mass is 9.99. The molecule has 0 aliphatic carbocycles. The van der Waals surface area contributed by atoms with Crippen LogP contribution in [0.2, 0.25) is 0 Å². The predicted molar refractivity (Wildman–Crippen MR) is 79.3 cm³/mol. The molecule has 1 aromatic heterocycles. The first-order valence-corrected chi connectivity index (χ1v) is 6.56. The van der Waals surface area contributed by atoms with Crippen LogP contribution in [-0.4, -0.2) is 26.3 Å². The van der Waals surface area contributed by atoms with E-state index in [-0.39, 0.29) is 6.04 Å². The second-order valence-corrected chi connectivity index (χ2v) is 4.52. The minimum Gasteiger partial charge on any atom is -0.493 e. The van der Waals surface area contributed by atoms with Crippen molar-refractivity contribution in [3.05, 3.63) is 53.9 Å². The van der Waals surface area contributed by atoms with Crippen LogP contribution in [0.5, 0.6) is 11.5 Å². The van der Waals surface area contributed by atoms with Crippen LogP contribution in [0.15, 0.2) is 42.7 Å². The quantitative estimate of drug-likeness (QED) is 0.878. The summed E-state index contributed by atoms with van der Waals surface area (Å²) in [6.45, 7) is 0. The Bertz CT molecular complexity index is 543. The zero-order valence-electron chi connectivity index (χ0n) is 12.1. The molecule has 0 amide bonds. The van der Waals surface area contributed by atoms with Gasteiger partial charge in [-0.1, -0.05) is 6.07 Å². The summed E-state index contributed by atoms with van der Waals surface area (Å²) in [6, 6.07) is 10.3. The lowest BCUT2D eigenvalue weighted by Gasteiger charge is -2.17. The standard InChI is InChI=1S/C16H20N2O2/c1-17-14(13-6-8-18-9-7-13)10-12-4-5-15(19-2)16(11-12)20-3/h4-9,11,14,17H,10H2,1-3H3. The average Bonchev–Trinajstić information content (AvgIpc) is 2.53. The first-order valence-electron chi connectivity index (χ1n) is 6.56. The zero-order chi connectivity index (χ0) is 14.4. The summed E-state index contributed by atoms with van der Waals surface area (Å²) in [5.41, 5.74) is 2.41. The van der Waals surface area contributed by atoms with E-state index in [0.29, 0.717) is 0 Å². The van der Waals surface area contributed by atoms with Gasteiger partial charge in [-0.2, -0.15) is 0 Å². The molecule has 2 aromatic rings. The van der Waals surface area contributed by atoms with Gasteiger partial charge in [-0.25, -0.2) is 0 Å². The molecule has 0 saturated heterocycles. The summed E-state index contributed by atoms with van der Waals surface area (Å²) in [6.07, 6.45) is 4.50. The fourth-order valence-electron chi connectivity index (χ4n) is 2.23. The highest BCUT2D eigenvalue weighted by Gasteiger charge is 2.12. The fraction of sp³-hybridized carbons (Fsp3) is 0.312. The second-order valence-electron chi connectivity index (χ2n) is 4.52. The number of benzene rings is 1. The van der Waals surface area contributed by atoms with Crippen molar-refractivity contribution in [2.75, 3.05) is 21.3 Å². The Hall–Kier alpha value is -2.07. The van der Waals surface area contributed by atoms with Gasteiger partial charge in [-0.15, -0.1) is 0 Å². The van der Waals surface area contributed by atoms with Crippen molar-refractivity contribution in [3.8, 4) is 11.5 Å². The van der Waals surface area contributed by atoms with E-state index in [1.54, 1.807) is 14.2 Å². The highest BCUT2D eigenvalue weighted by Crippen LogP contribution is 2.29. The number of aromatic nitrogens is 1. The lowest BCUT2D eigenvalue weighted by Crippen LogP contribution is -2.18. The van der Waals surface area contributed by atoms with Crippen LogP contribution in [-0.2, 0) is 6.42 Å². The van der Waals surface area contributed by atoms with Gasteiger partial charge in [0.15, 0.2) is 11.5 Å². The third kappa shape index (κ3) is 3.27. The number of ether oxygens (including phenoxy) is 2. The molecule has 0 spiro atoms. The van der Waals surface area contributed by atoms with Gasteiger partial charge in [0.05, 0.1) is 14.2 Å². The minimum atomic E-state index is 0.246. The summed E-state index contributed by atoms with van der Waals surface area (Å²) in [4.78, 5) is 4.05. The maximum atomic E-state index is 5.34. The molecule has 0 aliphatic rings. The fourth-order valence-corrected chi connectivity index (χ4v) is 2.23. The summed E-state index contributed by atoms with van der Waals surface area (Å²) >= 11 is 0. The highest BCUT2D eigenvalue weighted by atomic mass is 16.5. The molecule has 1 N–H and O–H groups in total. The van der Waals surface area contributed by atoms with Gasteiger partial charge >= 0.3 is 0 Å². The first kappa shape index (κ1) is 14.3. The summed E-state index contributed by atoms with van der Waals surface area (Å²) < 4.78 is 10.6. The zero-order valence-corrected chi connectivity index (χ0v) is 12.1. The van der Waals surface area contributed by atoms with Crippen molar-refractivity contribution >= 4 is 0 Å². The first-order chi connectivity index (χ1) is 9.78. The summed E-state index contributed by atoms with van der Waals surface area (Å²) in [7, 11) is 5.26. The average molecular weight is 272 g/mol. The van der Waals surface area contributed by atoms with Gasteiger partial charge in [0.2, 0.25) is 0 Å². The lowest BCUT2D eigenvalue weighted by molar-refractivity contribution is 0.354. The van der Waals surface area contributed by atoms with Crippen molar-refractivity contribution < 1.29 is 9.47 Å². The van der Waals surface area contributed by atoms with Crippen LogP contribution >= 0.6 is 0 Å². The minimum absolute atomic E-state index is 0.246. The van der Waals surface area contributed by atoms with E-state index in [9.17, 15) is 0 Å². The molecule has 106 valence electrons. The summed E-state index contributed by atoms with van der Waals surface area (Å²) in [5.74, 6) is 1.51. The van der Waals surface area contributed by atoms with Crippen molar-refractivity contribution in [1.29, 1.82) is 0 Å². The second kappa shape index (κ2) is 6.91. The number of hydrogen-bond donors (Lipinski definition) is 1. The molecule has 0 radical (unpaired) electrons. The van der Waals surface area contributed by atoms with E-state index in [0.717, 1.165) is 17.9 Å². The number of likely N-dealkylation sites (N-methyl/N-ethyl adjacent to an activating group) is 1. The molecular weight excluding hydrogens is 252 g/mol. The number of nitrogens with zero attached hydrogens (tertiary/aromatic N) is 1. The molecule has 1 unspecified atom stereocenters. The predicted octanol–water partition coefficient (Wildman–Crippen LogP) is 2.60. The molecule has 0 fully saturated rings. The van der Waals surface area contributed by atoms with Crippen molar-refractivity contribution in [2.45, 2.75) is 12.5 Å². The van der Waals surface area contributed by atoms with Crippen LogP contribution in [0.3, 0.4) is 0 Å². The van der Waals surface area contributed by atoms with E-state index < -0.39 is 0 Å². The number of rotatable bonds is 6. The third-order valence-electron chi connectivity index (χ3n) is 3.34. The molecular formula is C16H20N2O2. The third-order valence-corrected chi connectivity index (χ3v) is 3.34. The molecule has 0 saturated carbocycles. The maximum absolute atomic E-state index is 5.34. The van der Waals surface area contributed by atoms with E-state index >= 15 is 0 Å². The Morgan fingerprint density at radius 2 is 1.75 bits per heavy atom. The molecule has 2 rings (SSSR count). The van der Waals surface area contributed by atoms with Gasteiger partial charge in [0.25, 0.3) is 0 Å². The Morgan fingerprint density at radius 1 is 1.05 bits per heavy atom. The molecule has 1 heterocycles. The van der Waals surface area contributed by atoms with E-state index in [2.05, 4.69) is 16.4 Å².